The Morgan fingerprint density at radius 3 is 1.62 bits per heavy atom. The Hall–Kier alpha value is -2.45. The molecular formula is C29H48N2O6. The maximum Gasteiger partial charge on any atom is 0.322 e. The Bertz CT molecular complexity index is 837. The minimum Gasteiger partial charge on any atom is -0.459 e. The van der Waals surface area contributed by atoms with Gasteiger partial charge >= 0.3 is 17.9 Å². The zero-order chi connectivity index (χ0) is 28.4. The van der Waals surface area contributed by atoms with Crippen LogP contribution in [0.1, 0.15) is 74.8 Å². The van der Waals surface area contributed by atoms with Gasteiger partial charge in [0.15, 0.2) is 5.92 Å². The van der Waals surface area contributed by atoms with E-state index < -0.39 is 34.7 Å². The van der Waals surface area contributed by atoms with Gasteiger partial charge in [0.2, 0.25) is 0 Å². The first kappa shape index (κ1) is 32.6. The number of hydrogen-bond donors (Lipinski definition) is 0. The summed E-state index contributed by atoms with van der Waals surface area (Å²) < 4.78 is 16.7. The van der Waals surface area contributed by atoms with Crippen molar-refractivity contribution in [3.63, 3.8) is 0 Å². The highest BCUT2D eigenvalue weighted by molar-refractivity contribution is 5.95. The molecule has 0 N–H and O–H groups in total. The second kappa shape index (κ2) is 13.9. The fourth-order valence-electron chi connectivity index (χ4n) is 3.51. The number of carbonyl (C=O) groups excluding carboxylic acids is 3. The predicted octanol–water partition coefficient (Wildman–Crippen LogP) is 4.45. The molecule has 0 aliphatic carbocycles. The Kier molecular flexibility index (Phi) is 12.2. The van der Waals surface area contributed by atoms with Gasteiger partial charge in [0.1, 0.15) is 16.8 Å². The van der Waals surface area contributed by atoms with Crippen molar-refractivity contribution in [3.8, 4) is 0 Å². The van der Waals surface area contributed by atoms with Crippen LogP contribution in [0.3, 0.4) is 0 Å². The monoisotopic (exact) mass is 520 g/mol. The molecule has 0 bridgehead atoms. The molecule has 1 aromatic rings. The molecule has 1 aromatic carbocycles. The van der Waals surface area contributed by atoms with Crippen molar-refractivity contribution in [3.05, 3.63) is 35.9 Å². The van der Waals surface area contributed by atoms with E-state index in [4.69, 9.17) is 14.2 Å². The third-order valence-corrected chi connectivity index (χ3v) is 5.02. The lowest BCUT2D eigenvalue weighted by molar-refractivity contribution is -0.175. The van der Waals surface area contributed by atoms with Gasteiger partial charge in [0, 0.05) is 26.2 Å². The van der Waals surface area contributed by atoms with Gasteiger partial charge in [-0.15, -0.1) is 0 Å². The summed E-state index contributed by atoms with van der Waals surface area (Å²) in [4.78, 5) is 42.7. The van der Waals surface area contributed by atoms with Gasteiger partial charge in [-0.25, -0.2) is 0 Å². The van der Waals surface area contributed by atoms with Gasteiger partial charge in [-0.05, 0) is 74.4 Å². The molecule has 0 atom stereocenters. The number of ether oxygens (including phenoxy) is 3. The largest absolute Gasteiger partial charge is 0.459 e. The molecule has 0 saturated heterocycles. The Morgan fingerprint density at radius 1 is 0.730 bits per heavy atom. The highest BCUT2D eigenvalue weighted by atomic mass is 16.6. The number of likely N-dealkylation sites (N-methyl/N-ethyl adjacent to an activating group) is 1. The van der Waals surface area contributed by atoms with Crippen LogP contribution in [0.25, 0.3) is 0 Å². The number of nitrogens with zero attached hydrogens (tertiary/aromatic N) is 2. The summed E-state index contributed by atoms with van der Waals surface area (Å²) in [6, 6.07) is 9.85. The van der Waals surface area contributed by atoms with E-state index in [2.05, 4.69) is 0 Å². The summed E-state index contributed by atoms with van der Waals surface area (Å²) in [5, 5.41) is 0. The van der Waals surface area contributed by atoms with Gasteiger partial charge in [-0.1, -0.05) is 37.3 Å². The van der Waals surface area contributed by atoms with E-state index in [-0.39, 0.29) is 19.1 Å². The van der Waals surface area contributed by atoms with E-state index in [1.165, 1.54) is 0 Å². The molecule has 0 fully saturated rings. The van der Waals surface area contributed by atoms with Crippen LogP contribution in [0.5, 0.6) is 0 Å². The van der Waals surface area contributed by atoms with Crippen molar-refractivity contribution < 1.29 is 28.6 Å². The molecule has 0 aliphatic heterocycles. The minimum atomic E-state index is -1.11. The maximum atomic E-state index is 13.1. The lowest BCUT2D eigenvalue weighted by Crippen LogP contribution is -2.45. The van der Waals surface area contributed by atoms with Gasteiger partial charge in [0.25, 0.3) is 0 Å². The highest BCUT2D eigenvalue weighted by Crippen LogP contribution is 2.19. The number of benzene rings is 1. The molecule has 0 unspecified atom stereocenters. The van der Waals surface area contributed by atoms with Crippen molar-refractivity contribution in [2.75, 3.05) is 32.7 Å². The molecule has 8 heteroatoms. The van der Waals surface area contributed by atoms with E-state index in [1.54, 1.807) is 41.5 Å². The SMILES string of the molecule is CCN(CCN(Cc1ccccc1)CC(C(=O)OC(C)(C)C)C(=O)OC(C)(C)C)CC(=O)OC(C)(C)C. The second-order valence-electron chi connectivity index (χ2n) is 12.3. The average Bonchev–Trinajstić information content (AvgIpc) is 2.71. The molecule has 37 heavy (non-hydrogen) atoms. The fourth-order valence-corrected chi connectivity index (χ4v) is 3.51. The first-order valence-corrected chi connectivity index (χ1v) is 13.0. The number of carbonyl (C=O) groups is 3. The van der Waals surface area contributed by atoms with Crippen LogP contribution in [-0.4, -0.2) is 77.2 Å². The molecule has 0 aliphatic rings. The van der Waals surface area contributed by atoms with Gasteiger partial charge in [-0.2, -0.15) is 0 Å². The average molecular weight is 521 g/mol. The Balaban J connectivity index is 3.12. The highest BCUT2D eigenvalue weighted by Gasteiger charge is 2.36. The van der Waals surface area contributed by atoms with Gasteiger partial charge < -0.3 is 14.2 Å². The fraction of sp³-hybridized carbons (Fsp3) is 0.690. The van der Waals surface area contributed by atoms with Gasteiger partial charge in [0.05, 0.1) is 6.54 Å². The molecule has 0 spiro atoms. The maximum absolute atomic E-state index is 13.1. The lowest BCUT2D eigenvalue weighted by Gasteiger charge is -2.31. The van der Waals surface area contributed by atoms with E-state index >= 15 is 0 Å². The van der Waals surface area contributed by atoms with E-state index in [9.17, 15) is 14.4 Å². The second-order valence-corrected chi connectivity index (χ2v) is 12.3. The molecular weight excluding hydrogens is 472 g/mol. The molecule has 0 saturated carbocycles. The van der Waals surface area contributed by atoms with Crippen LogP contribution >= 0.6 is 0 Å². The van der Waals surface area contributed by atoms with Crippen molar-refractivity contribution in [1.29, 1.82) is 0 Å². The van der Waals surface area contributed by atoms with E-state index in [0.717, 1.165) is 5.56 Å². The van der Waals surface area contributed by atoms with Crippen LogP contribution in [0, 0.1) is 5.92 Å². The normalized spacial score (nSPS) is 12.7. The number of rotatable bonds is 12. The quantitative estimate of drug-likeness (QED) is 0.227. The minimum absolute atomic E-state index is 0.128. The smallest absolute Gasteiger partial charge is 0.322 e. The first-order valence-electron chi connectivity index (χ1n) is 13.0. The third-order valence-electron chi connectivity index (χ3n) is 5.02. The van der Waals surface area contributed by atoms with Crippen LogP contribution in [0.15, 0.2) is 30.3 Å². The molecule has 0 aromatic heterocycles. The van der Waals surface area contributed by atoms with E-state index in [1.807, 2.05) is 67.8 Å². The third kappa shape index (κ3) is 14.8. The van der Waals surface area contributed by atoms with Crippen molar-refractivity contribution in [2.45, 2.75) is 92.6 Å². The van der Waals surface area contributed by atoms with Crippen molar-refractivity contribution in [1.82, 2.24) is 9.80 Å². The van der Waals surface area contributed by atoms with Crippen LogP contribution in [0.2, 0.25) is 0 Å². The number of esters is 3. The first-order chi connectivity index (χ1) is 16.9. The molecule has 210 valence electrons. The summed E-state index contributed by atoms with van der Waals surface area (Å²) in [6.45, 7) is 20.7. The van der Waals surface area contributed by atoms with Crippen LogP contribution in [0.4, 0.5) is 0 Å². The summed E-state index contributed by atoms with van der Waals surface area (Å²) in [6.07, 6.45) is 0. The van der Waals surface area contributed by atoms with E-state index in [0.29, 0.717) is 26.2 Å². The standard InChI is InChI=1S/C29H48N2O6/c1-11-30(21-24(32)35-27(2,3)4)17-18-31(19-22-15-13-12-14-16-22)20-23(25(33)36-28(5,6)7)26(34)37-29(8,9)10/h12-16,23H,11,17-21H2,1-10H3. The molecule has 0 radical (unpaired) electrons. The summed E-state index contributed by atoms with van der Waals surface area (Å²) in [5.41, 5.74) is -0.990. The zero-order valence-corrected chi connectivity index (χ0v) is 24.6. The zero-order valence-electron chi connectivity index (χ0n) is 24.6. The summed E-state index contributed by atoms with van der Waals surface area (Å²) in [5.74, 6) is -2.62. The lowest BCUT2D eigenvalue weighted by atomic mass is 10.1. The summed E-state index contributed by atoms with van der Waals surface area (Å²) in [7, 11) is 0. The molecule has 8 nitrogen and oxygen atoms in total. The van der Waals surface area contributed by atoms with Gasteiger partial charge in [-0.3, -0.25) is 24.2 Å². The van der Waals surface area contributed by atoms with Crippen LogP contribution < -0.4 is 0 Å². The molecule has 0 amide bonds. The predicted molar refractivity (Wildman–Crippen MR) is 145 cm³/mol. The Labute approximate surface area is 223 Å². The molecule has 0 heterocycles. The molecule has 1 rings (SSSR count). The topological polar surface area (TPSA) is 85.4 Å². The van der Waals surface area contributed by atoms with Crippen molar-refractivity contribution in [2.24, 2.45) is 5.92 Å². The summed E-state index contributed by atoms with van der Waals surface area (Å²) >= 11 is 0. The van der Waals surface area contributed by atoms with Crippen LogP contribution in [-0.2, 0) is 35.1 Å². The number of hydrogen-bond acceptors (Lipinski definition) is 8. The Morgan fingerprint density at radius 2 is 1.19 bits per heavy atom. The van der Waals surface area contributed by atoms with Crippen molar-refractivity contribution >= 4 is 17.9 Å².